The molecule has 0 aliphatic rings. The summed E-state index contributed by atoms with van der Waals surface area (Å²) >= 11 is 0. The Labute approximate surface area is 77.7 Å². The monoisotopic (exact) mass is 179 g/mol. The van der Waals surface area contributed by atoms with Crippen LogP contribution in [-0.2, 0) is 6.54 Å². The first kappa shape index (κ1) is 9.75. The fourth-order valence-electron chi connectivity index (χ4n) is 0.883. The van der Waals surface area contributed by atoms with Gasteiger partial charge in [0, 0.05) is 13.0 Å². The van der Waals surface area contributed by atoms with Crippen LogP contribution in [0.2, 0.25) is 0 Å². The first-order chi connectivity index (χ1) is 6.33. The lowest BCUT2D eigenvalue weighted by Gasteiger charge is -1.95. The van der Waals surface area contributed by atoms with Crippen molar-refractivity contribution in [3.63, 3.8) is 0 Å². The molecule has 0 radical (unpaired) electrons. The van der Waals surface area contributed by atoms with E-state index in [1.807, 2.05) is 6.92 Å². The number of rotatable bonds is 4. The number of nitrogens with one attached hydrogen (secondary N) is 1. The van der Waals surface area contributed by atoms with Gasteiger partial charge in [-0.1, -0.05) is 5.16 Å². The molecule has 0 aliphatic heterocycles. The van der Waals surface area contributed by atoms with Crippen LogP contribution in [0.3, 0.4) is 0 Å². The molecule has 0 amide bonds. The summed E-state index contributed by atoms with van der Waals surface area (Å²) in [4.78, 5) is 4.05. The van der Waals surface area contributed by atoms with Gasteiger partial charge in [0.1, 0.15) is 0 Å². The average molecular weight is 179 g/mol. The minimum Gasteiger partial charge on any atom is -0.338 e. The van der Waals surface area contributed by atoms with Crippen LogP contribution in [0.15, 0.2) is 4.52 Å². The molecule has 0 saturated heterocycles. The van der Waals surface area contributed by atoms with Crippen molar-refractivity contribution in [2.75, 3.05) is 6.54 Å². The molecule has 0 aliphatic carbocycles. The Balaban J connectivity index is 2.15. The van der Waals surface area contributed by atoms with Gasteiger partial charge in [-0.25, -0.2) is 0 Å². The Morgan fingerprint density at radius 3 is 3.00 bits per heavy atom. The third kappa shape index (κ3) is 3.72. The van der Waals surface area contributed by atoms with Crippen LogP contribution >= 0.6 is 0 Å². The molecule has 1 heterocycles. The highest BCUT2D eigenvalue weighted by atomic mass is 16.5. The van der Waals surface area contributed by atoms with Crippen molar-refractivity contribution < 1.29 is 4.52 Å². The molecule has 1 rings (SSSR count). The highest BCUT2D eigenvalue weighted by Gasteiger charge is 1.99. The molecule has 13 heavy (non-hydrogen) atoms. The van der Waals surface area contributed by atoms with Gasteiger partial charge >= 0.3 is 0 Å². The zero-order valence-corrected chi connectivity index (χ0v) is 7.92. The fourth-order valence-corrected chi connectivity index (χ4v) is 0.883. The Hall–Kier alpha value is -1.34. The number of aromatic nitrogens is 2. The van der Waals surface area contributed by atoms with E-state index in [4.69, 9.17) is 4.52 Å². The van der Waals surface area contributed by atoms with Gasteiger partial charge in [-0.2, -0.15) is 4.98 Å². The second kappa shape index (κ2) is 5.33. The quantitative estimate of drug-likeness (QED) is 0.550. The predicted octanol–water partition coefficient (Wildman–Crippen LogP) is 0.881. The maximum atomic E-state index is 4.91. The van der Waals surface area contributed by atoms with E-state index in [1.165, 1.54) is 0 Å². The van der Waals surface area contributed by atoms with Crippen molar-refractivity contribution >= 4 is 0 Å². The van der Waals surface area contributed by atoms with Gasteiger partial charge in [0.05, 0.1) is 6.54 Å². The average Bonchev–Trinajstić information content (AvgIpc) is 2.51. The van der Waals surface area contributed by atoms with E-state index in [-0.39, 0.29) is 0 Å². The van der Waals surface area contributed by atoms with Crippen LogP contribution < -0.4 is 5.32 Å². The Morgan fingerprint density at radius 1 is 1.54 bits per heavy atom. The summed E-state index contributed by atoms with van der Waals surface area (Å²) in [6, 6.07) is 0. The van der Waals surface area contributed by atoms with Gasteiger partial charge in [-0.15, -0.1) is 11.8 Å². The van der Waals surface area contributed by atoms with E-state index >= 15 is 0 Å². The zero-order chi connectivity index (χ0) is 9.52. The van der Waals surface area contributed by atoms with Crippen molar-refractivity contribution in [3.8, 4) is 11.8 Å². The molecule has 0 aromatic carbocycles. The maximum Gasteiger partial charge on any atom is 0.240 e. The Morgan fingerprint density at radius 2 is 2.38 bits per heavy atom. The summed E-state index contributed by atoms with van der Waals surface area (Å²) in [6.45, 7) is 5.10. The SMILES string of the molecule is CC#CCCNCc1nc(C)no1. The van der Waals surface area contributed by atoms with Gasteiger partial charge in [-0.05, 0) is 13.8 Å². The van der Waals surface area contributed by atoms with E-state index in [0.717, 1.165) is 13.0 Å². The second-order valence-electron chi connectivity index (χ2n) is 2.59. The summed E-state index contributed by atoms with van der Waals surface area (Å²) in [5, 5.41) is 6.83. The minimum absolute atomic E-state index is 0.617. The summed E-state index contributed by atoms with van der Waals surface area (Å²) in [5.74, 6) is 7.09. The maximum absolute atomic E-state index is 4.91. The summed E-state index contributed by atoms with van der Waals surface area (Å²) in [7, 11) is 0. The largest absolute Gasteiger partial charge is 0.338 e. The highest BCUT2D eigenvalue weighted by Crippen LogP contribution is 1.93. The van der Waals surface area contributed by atoms with E-state index in [0.29, 0.717) is 18.3 Å². The molecular weight excluding hydrogens is 166 g/mol. The van der Waals surface area contributed by atoms with Crippen LogP contribution in [-0.4, -0.2) is 16.7 Å². The lowest BCUT2D eigenvalue weighted by atomic mass is 10.4. The third-order valence-corrected chi connectivity index (χ3v) is 1.45. The molecular formula is C9H13N3O. The second-order valence-corrected chi connectivity index (χ2v) is 2.59. The number of aryl methyl sites for hydroxylation is 1. The standard InChI is InChI=1S/C9H13N3O/c1-3-4-5-6-10-7-9-11-8(2)12-13-9/h10H,5-7H2,1-2H3. The van der Waals surface area contributed by atoms with Crippen LogP contribution in [0.4, 0.5) is 0 Å². The van der Waals surface area contributed by atoms with Crippen molar-refractivity contribution in [2.24, 2.45) is 0 Å². The molecule has 4 heteroatoms. The smallest absolute Gasteiger partial charge is 0.240 e. The van der Waals surface area contributed by atoms with Crippen LogP contribution in [0.1, 0.15) is 25.1 Å². The molecule has 1 N–H and O–H groups in total. The van der Waals surface area contributed by atoms with Crippen molar-refractivity contribution in [1.29, 1.82) is 0 Å². The number of hydrogen-bond donors (Lipinski definition) is 1. The van der Waals surface area contributed by atoms with Crippen molar-refractivity contribution in [2.45, 2.75) is 26.8 Å². The predicted molar refractivity (Wildman–Crippen MR) is 48.8 cm³/mol. The van der Waals surface area contributed by atoms with Crippen LogP contribution in [0, 0.1) is 18.8 Å². The fraction of sp³-hybridized carbons (Fsp3) is 0.556. The zero-order valence-electron chi connectivity index (χ0n) is 7.92. The van der Waals surface area contributed by atoms with Crippen LogP contribution in [0.25, 0.3) is 0 Å². The van der Waals surface area contributed by atoms with Crippen molar-refractivity contribution in [1.82, 2.24) is 15.5 Å². The molecule has 1 aromatic rings. The highest BCUT2D eigenvalue weighted by molar-refractivity contribution is 4.95. The van der Waals surface area contributed by atoms with Crippen LogP contribution in [0.5, 0.6) is 0 Å². The lowest BCUT2D eigenvalue weighted by molar-refractivity contribution is 0.365. The normalized spacial score (nSPS) is 9.38. The first-order valence-corrected chi connectivity index (χ1v) is 4.22. The molecule has 1 aromatic heterocycles. The lowest BCUT2D eigenvalue weighted by Crippen LogP contribution is -2.14. The van der Waals surface area contributed by atoms with Gasteiger partial charge in [0.2, 0.25) is 5.89 Å². The molecule has 70 valence electrons. The van der Waals surface area contributed by atoms with Gasteiger partial charge < -0.3 is 9.84 Å². The molecule has 0 bridgehead atoms. The molecule has 0 saturated carbocycles. The van der Waals surface area contributed by atoms with E-state index < -0.39 is 0 Å². The van der Waals surface area contributed by atoms with E-state index in [9.17, 15) is 0 Å². The molecule has 0 atom stereocenters. The van der Waals surface area contributed by atoms with Gasteiger partial charge in [0.15, 0.2) is 5.82 Å². The minimum atomic E-state index is 0.617. The van der Waals surface area contributed by atoms with Gasteiger partial charge in [0.25, 0.3) is 0 Å². The molecule has 0 fully saturated rings. The van der Waals surface area contributed by atoms with E-state index in [1.54, 1.807) is 6.92 Å². The summed E-state index contributed by atoms with van der Waals surface area (Å²) in [6.07, 6.45) is 0.851. The van der Waals surface area contributed by atoms with E-state index in [2.05, 4.69) is 27.3 Å². The Bertz CT molecular complexity index is 308. The van der Waals surface area contributed by atoms with Gasteiger partial charge in [-0.3, -0.25) is 0 Å². The summed E-state index contributed by atoms with van der Waals surface area (Å²) in [5.41, 5.74) is 0. The molecule has 4 nitrogen and oxygen atoms in total. The molecule has 0 unspecified atom stereocenters. The topological polar surface area (TPSA) is 51.0 Å². The Kier molecular flexibility index (Phi) is 4.00. The number of nitrogens with zero attached hydrogens (tertiary/aromatic N) is 2. The third-order valence-electron chi connectivity index (χ3n) is 1.45. The summed E-state index contributed by atoms with van der Waals surface area (Å²) < 4.78 is 4.91. The molecule has 0 spiro atoms. The van der Waals surface area contributed by atoms with Crippen molar-refractivity contribution in [3.05, 3.63) is 11.7 Å². The first-order valence-electron chi connectivity index (χ1n) is 4.22. The number of hydrogen-bond acceptors (Lipinski definition) is 4.